The number of carbonyl (C=O) groups excluding carboxylic acids is 1. The number of benzene rings is 2. The Morgan fingerprint density at radius 3 is 2.22 bits per heavy atom. The lowest BCUT2D eigenvalue weighted by Crippen LogP contribution is -2.08. The van der Waals surface area contributed by atoms with Gasteiger partial charge in [0.2, 0.25) is 0 Å². The third-order valence-corrected chi connectivity index (χ3v) is 3.39. The van der Waals surface area contributed by atoms with E-state index in [0.717, 1.165) is 11.1 Å². The normalized spacial score (nSPS) is 9.39. The van der Waals surface area contributed by atoms with Crippen molar-refractivity contribution in [2.45, 2.75) is 13.8 Å². The molecular weight excluding hydrogens is 288 g/mol. The van der Waals surface area contributed by atoms with Crippen LogP contribution < -0.4 is 4.74 Å². The molecule has 0 heterocycles. The molecule has 2 rings (SSSR count). The van der Waals surface area contributed by atoms with E-state index in [1.54, 1.807) is 48.5 Å². The SMILES string of the molecule is Cc1ccc(C(=O)Oc2ccc(C=C(C#N)C#N)cc2)cc1C. The monoisotopic (exact) mass is 302 g/mol. The van der Waals surface area contributed by atoms with Crippen LogP contribution in [0.25, 0.3) is 6.08 Å². The zero-order valence-electron chi connectivity index (χ0n) is 12.8. The van der Waals surface area contributed by atoms with Crippen molar-refractivity contribution in [3.63, 3.8) is 0 Å². The summed E-state index contributed by atoms with van der Waals surface area (Å²) in [6, 6.07) is 15.6. The van der Waals surface area contributed by atoms with E-state index >= 15 is 0 Å². The highest BCUT2D eigenvalue weighted by Gasteiger charge is 2.09. The van der Waals surface area contributed by atoms with Crippen LogP contribution >= 0.6 is 0 Å². The zero-order valence-corrected chi connectivity index (χ0v) is 12.8. The molecule has 2 aromatic rings. The molecule has 4 heteroatoms. The highest BCUT2D eigenvalue weighted by atomic mass is 16.5. The van der Waals surface area contributed by atoms with Crippen molar-refractivity contribution in [3.05, 3.63) is 70.3 Å². The lowest BCUT2D eigenvalue weighted by molar-refractivity contribution is 0.0734. The molecule has 4 nitrogen and oxygen atoms in total. The number of aryl methyl sites for hydroxylation is 2. The van der Waals surface area contributed by atoms with Gasteiger partial charge in [0.1, 0.15) is 23.5 Å². The van der Waals surface area contributed by atoms with Gasteiger partial charge in [-0.05, 0) is 60.9 Å². The summed E-state index contributed by atoms with van der Waals surface area (Å²) in [5, 5.41) is 17.4. The van der Waals surface area contributed by atoms with Gasteiger partial charge < -0.3 is 4.74 Å². The van der Waals surface area contributed by atoms with Crippen LogP contribution in [0.1, 0.15) is 27.0 Å². The van der Waals surface area contributed by atoms with Crippen LogP contribution in [0.15, 0.2) is 48.0 Å². The number of nitrogens with zero attached hydrogens (tertiary/aromatic N) is 2. The van der Waals surface area contributed by atoms with Gasteiger partial charge in [0.05, 0.1) is 5.56 Å². The van der Waals surface area contributed by atoms with Crippen molar-refractivity contribution in [1.82, 2.24) is 0 Å². The standard InChI is InChI=1S/C19H14N2O2/c1-13-3-6-17(9-14(13)2)19(22)23-18-7-4-15(5-8-18)10-16(11-20)12-21/h3-10H,1-2H3. The Bertz CT molecular complexity index is 834. The zero-order chi connectivity index (χ0) is 16.8. The molecule has 0 N–H and O–H groups in total. The van der Waals surface area contributed by atoms with Gasteiger partial charge in [0, 0.05) is 0 Å². The van der Waals surface area contributed by atoms with Gasteiger partial charge in [-0.15, -0.1) is 0 Å². The first-order valence-corrected chi connectivity index (χ1v) is 6.95. The minimum atomic E-state index is -0.425. The lowest BCUT2D eigenvalue weighted by atomic mass is 10.1. The van der Waals surface area contributed by atoms with E-state index in [0.29, 0.717) is 16.9 Å². The molecule has 23 heavy (non-hydrogen) atoms. The fourth-order valence-corrected chi connectivity index (χ4v) is 1.92. The van der Waals surface area contributed by atoms with Gasteiger partial charge in [-0.3, -0.25) is 0 Å². The van der Waals surface area contributed by atoms with E-state index in [2.05, 4.69) is 0 Å². The molecule has 0 amide bonds. The first-order chi connectivity index (χ1) is 11.0. The van der Waals surface area contributed by atoms with Gasteiger partial charge >= 0.3 is 5.97 Å². The summed E-state index contributed by atoms with van der Waals surface area (Å²) >= 11 is 0. The van der Waals surface area contributed by atoms with Crippen molar-refractivity contribution in [3.8, 4) is 17.9 Å². The third-order valence-electron chi connectivity index (χ3n) is 3.39. The Hall–Kier alpha value is -3.37. The van der Waals surface area contributed by atoms with Crippen LogP contribution in [0.3, 0.4) is 0 Å². The highest BCUT2D eigenvalue weighted by molar-refractivity contribution is 5.91. The Morgan fingerprint density at radius 2 is 1.65 bits per heavy atom. The predicted octanol–water partition coefficient (Wildman–Crippen LogP) is 3.95. The van der Waals surface area contributed by atoms with Crippen LogP contribution in [0, 0.1) is 36.5 Å². The average molecular weight is 302 g/mol. The molecule has 0 bridgehead atoms. The molecular formula is C19H14N2O2. The second-order valence-corrected chi connectivity index (χ2v) is 5.04. The van der Waals surface area contributed by atoms with E-state index in [1.807, 2.05) is 19.9 Å². The molecule has 2 aromatic carbocycles. The Labute approximate surface area is 134 Å². The minimum absolute atomic E-state index is 0.0184. The molecule has 112 valence electrons. The summed E-state index contributed by atoms with van der Waals surface area (Å²) in [6.45, 7) is 3.92. The molecule has 0 atom stereocenters. The topological polar surface area (TPSA) is 73.9 Å². The minimum Gasteiger partial charge on any atom is -0.423 e. The van der Waals surface area contributed by atoms with Crippen LogP contribution in [-0.4, -0.2) is 5.97 Å². The smallest absolute Gasteiger partial charge is 0.343 e. The Kier molecular flexibility index (Phi) is 4.92. The van der Waals surface area contributed by atoms with Gasteiger partial charge in [-0.1, -0.05) is 18.2 Å². The fraction of sp³-hybridized carbons (Fsp3) is 0.105. The maximum absolute atomic E-state index is 12.1. The van der Waals surface area contributed by atoms with E-state index in [4.69, 9.17) is 15.3 Å². The summed E-state index contributed by atoms with van der Waals surface area (Å²) < 4.78 is 5.32. The molecule has 0 aliphatic heterocycles. The molecule has 0 saturated heterocycles. The van der Waals surface area contributed by atoms with E-state index in [-0.39, 0.29) is 5.57 Å². The molecule has 0 aromatic heterocycles. The number of carbonyl (C=O) groups is 1. The van der Waals surface area contributed by atoms with Gasteiger partial charge in [0.15, 0.2) is 0 Å². The largest absolute Gasteiger partial charge is 0.423 e. The fourth-order valence-electron chi connectivity index (χ4n) is 1.92. The summed E-state index contributed by atoms with van der Waals surface area (Å²) in [5.74, 6) is -0.0213. The third kappa shape index (κ3) is 4.06. The predicted molar refractivity (Wildman–Crippen MR) is 86.5 cm³/mol. The first-order valence-electron chi connectivity index (χ1n) is 6.95. The van der Waals surface area contributed by atoms with Crippen molar-refractivity contribution >= 4 is 12.0 Å². The van der Waals surface area contributed by atoms with E-state index in [1.165, 1.54) is 6.08 Å². The Morgan fingerprint density at radius 1 is 1.00 bits per heavy atom. The number of esters is 1. The molecule has 0 radical (unpaired) electrons. The van der Waals surface area contributed by atoms with Crippen LogP contribution in [0.5, 0.6) is 5.75 Å². The molecule has 0 fully saturated rings. The second-order valence-electron chi connectivity index (χ2n) is 5.04. The van der Waals surface area contributed by atoms with Crippen LogP contribution in [0.4, 0.5) is 0 Å². The highest BCUT2D eigenvalue weighted by Crippen LogP contribution is 2.17. The number of hydrogen-bond donors (Lipinski definition) is 0. The molecule has 0 saturated carbocycles. The summed E-state index contributed by atoms with van der Waals surface area (Å²) in [7, 11) is 0. The maximum atomic E-state index is 12.1. The van der Waals surface area contributed by atoms with Crippen LogP contribution in [0.2, 0.25) is 0 Å². The van der Waals surface area contributed by atoms with Crippen molar-refractivity contribution < 1.29 is 9.53 Å². The van der Waals surface area contributed by atoms with Crippen molar-refractivity contribution in [2.75, 3.05) is 0 Å². The first kappa shape index (κ1) is 16.0. The van der Waals surface area contributed by atoms with E-state index in [9.17, 15) is 4.79 Å². The number of hydrogen-bond acceptors (Lipinski definition) is 4. The van der Waals surface area contributed by atoms with Gasteiger partial charge in [-0.2, -0.15) is 10.5 Å². The molecule has 0 aliphatic rings. The van der Waals surface area contributed by atoms with Crippen molar-refractivity contribution in [1.29, 1.82) is 10.5 Å². The number of allylic oxidation sites excluding steroid dienone is 1. The summed E-state index contributed by atoms with van der Waals surface area (Å²) in [4.78, 5) is 12.1. The number of rotatable bonds is 3. The average Bonchev–Trinajstić information content (AvgIpc) is 2.56. The van der Waals surface area contributed by atoms with Gasteiger partial charge in [-0.25, -0.2) is 4.79 Å². The molecule has 0 spiro atoms. The van der Waals surface area contributed by atoms with E-state index < -0.39 is 5.97 Å². The van der Waals surface area contributed by atoms with Gasteiger partial charge in [0.25, 0.3) is 0 Å². The summed E-state index contributed by atoms with van der Waals surface area (Å²) in [5.41, 5.74) is 3.34. The maximum Gasteiger partial charge on any atom is 0.343 e. The quantitative estimate of drug-likeness (QED) is 0.489. The van der Waals surface area contributed by atoms with Crippen LogP contribution in [-0.2, 0) is 0 Å². The Balaban J connectivity index is 2.13. The lowest BCUT2D eigenvalue weighted by Gasteiger charge is -2.06. The molecule has 0 unspecified atom stereocenters. The molecule has 0 aliphatic carbocycles. The summed E-state index contributed by atoms with van der Waals surface area (Å²) in [6.07, 6.45) is 1.47. The number of ether oxygens (including phenoxy) is 1. The number of nitriles is 2. The van der Waals surface area contributed by atoms with Crippen molar-refractivity contribution in [2.24, 2.45) is 0 Å². The second kappa shape index (κ2) is 7.06.